The molecular formula is C85H110N30O5. The van der Waals surface area contributed by atoms with Crippen LogP contribution in [0.4, 0.5) is 29.1 Å². The van der Waals surface area contributed by atoms with Gasteiger partial charge in [-0.1, -0.05) is 34.5 Å². The van der Waals surface area contributed by atoms with Crippen LogP contribution in [-0.4, -0.2) is 292 Å². The van der Waals surface area contributed by atoms with E-state index in [4.69, 9.17) is 72.6 Å². The van der Waals surface area contributed by atoms with E-state index >= 15 is 0 Å². The second-order valence-corrected chi connectivity index (χ2v) is 29.5. The number of likely N-dealkylation sites (N-methyl/N-ethyl adjacent to an activating group) is 5. The molecular weight excluding hydrogens is 1520 g/mol. The number of nitrogens with one attached hydrogen (secondary N) is 5. The molecule has 120 heavy (non-hydrogen) atoms. The lowest BCUT2D eigenvalue weighted by Crippen LogP contribution is -2.53. The van der Waals surface area contributed by atoms with Crippen molar-refractivity contribution in [2.24, 2.45) is 29.5 Å². The quantitative estimate of drug-likeness (QED) is 0.0597. The Morgan fingerprint density at radius 1 is 0.375 bits per heavy atom. The molecule has 5 amide bonds. The highest BCUT2D eigenvalue weighted by Crippen LogP contribution is 2.36. The van der Waals surface area contributed by atoms with Crippen LogP contribution in [0.25, 0.3) is 79.4 Å². The predicted molar refractivity (Wildman–Crippen MR) is 463 cm³/mol. The van der Waals surface area contributed by atoms with E-state index in [2.05, 4.69) is 99.0 Å². The fourth-order valence-electron chi connectivity index (χ4n) is 15.1. The lowest BCUT2D eigenvalue weighted by atomic mass is 9.92. The third-order valence-corrected chi connectivity index (χ3v) is 21.6. The molecule has 15 heterocycles. The molecule has 35 nitrogen and oxygen atoms in total. The maximum absolute atomic E-state index is 12.6. The summed E-state index contributed by atoms with van der Waals surface area (Å²) in [5.41, 5.74) is 4.35. The Labute approximate surface area is 741 Å². The molecule has 0 radical (unpaired) electrons. The SMILES string of the molecule is [2H]c1nc(N(C)[C@@]2([2H])CN(C(=O)C([2H])([2H])[N+]#[C-])CC[C@H]2C)c2c([2H])c(C)[nH]c2n1.[2H]c1nc(N(C)[C@H]2CN(C(=O)C([2H])([2H])[N+]#[C-])CC[C@@]2([2H])C([2H])([2H])[2H])c2c([2H])c(C)[nH]c2n1.[2H]c1nc(N(C)[C@H]2CN(C(=O)C([2H])([2H])[N+]#[C-])CC[C@@]2([2H])C)c2c([2H])c(C)[nH]c2n1.[2H]c1nc(N(C)[C@H]2CN(C(=O)C([2H])([2H])[N+]#[C-])CC[C@H]2C([2H])([2H])[2H])c2c([2H])c(C)[nH]c2n1.[2H]c1nc(N(C)[C@H]2CN(C(=O)C([2H])([2H])[N+]#[C-])CC[C@H]2C)c2c([2H])c(C)[nH]c2n1. The number of piperidine rings is 5. The van der Waals surface area contributed by atoms with Gasteiger partial charge in [-0.25, -0.2) is 82.7 Å². The van der Waals surface area contributed by atoms with Crippen molar-refractivity contribution in [1.82, 2.24) is 99.3 Å². The Balaban J connectivity index is 0.000000177. The first-order chi connectivity index (χ1) is 68.8. The third kappa shape index (κ3) is 20.2. The van der Waals surface area contributed by atoms with Gasteiger partial charge in [0.2, 0.25) is 0 Å². The van der Waals surface area contributed by atoms with Crippen molar-refractivity contribution in [3.05, 3.63) is 147 Å². The average molecular weight is 1660 g/mol. The second kappa shape index (κ2) is 39.4. The van der Waals surface area contributed by atoms with Gasteiger partial charge in [0.25, 0.3) is 32.5 Å². The van der Waals surface area contributed by atoms with Gasteiger partial charge in [-0.15, -0.1) is 0 Å². The molecule has 0 bridgehead atoms. The number of aromatic amines is 5. The zero-order valence-electron chi connectivity index (χ0n) is 97.4. The van der Waals surface area contributed by atoms with Crippen LogP contribution in [0, 0.1) is 97.0 Å². The summed E-state index contributed by atoms with van der Waals surface area (Å²) < 4.78 is 232. The minimum Gasteiger partial charge on any atom is -0.354 e. The molecule has 630 valence electrons. The second-order valence-electron chi connectivity index (χ2n) is 29.5. The van der Waals surface area contributed by atoms with Crippen LogP contribution in [0.1, 0.15) is 135 Å². The van der Waals surface area contributed by atoms with Crippen LogP contribution in [0.5, 0.6) is 0 Å². The van der Waals surface area contributed by atoms with Crippen molar-refractivity contribution < 1.29 is 63.7 Å². The van der Waals surface area contributed by atoms with Crippen molar-refractivity contribution >= 4 is 114 Å². The highest BCUT2D eigenvalue weighted by Gasteiger charge is 2.39. The minimum atomic E-state index is -2.81. The van der Waals surface area contributed by atoms with Crippen LogP contribution in [-0.2, 0) is 24.0 Å². The first kappa shape index (κ1) is 56.3. The number of amides is 5. The summed E-state index contributed by atoms with van der Waals surface area (Å²) in [4.78, 5) is 146. The van der Waals surface area contributed by atoms with E-state index in [1.807, 2.05) is 18.7 Å². The Hall–Kier alpha value is -13.1. The van der Waals surface area contributed by atoms with Crippen LogP contribution in [0.2, 0.25) is 0 Å². The van der Waals surface area contributed by atoms with Crippen LogP contribution in [0.3, 0.4) is 0 Å². The molecule has 5 aliphatic heterocycles. The molecule has 5 fully saturated rings. The number of carbonyl (C=O) groups is 5. The fraction of sp³-hybridized carbons (Fsp3) is 0.529. The largest absolute Gasteiger partial charge is 0.354 e. The number of anilines is 5. The zero-order chi connectivity index (χ0) is 112. The highest BCUT2D eigenvalue weighted by atomic mass is 16.2. The average Bonchev–Trinajstić information content (AvgIpc) is 0.868. The first-order valence-corrected chi connectivity index (χ1v) is 38.0. The minimum absolute atomic E-state index is 0.0110. The van der Waals surface area contributed by atoms with Crippen molar-refractivity contribution in [1.29, 1.82) is 0 Å². The molecule has 0 spiro atoms. The lowest BCUT2D eigenvalue weighted by Gasteiger charge is -2.41. The Morgan fingerprint density at radius 2 is 0.625 bits per heavy atom. The molecule has 15 rings (SSSR count). The van der Waals surface area contributed by atoms with Crippen molar-refractivity contribution in [2.45, 2.75) is 131 Å². The van der Waals surface area contributed by atoms with E-state index in [1.54, 1.807) is 74.6 Å². The smallest absolute Gasteiger partial charge is 0.302 e. The topological polar surface area (TPSA) is 347 Å². The highest BCUT2D eigenvalue weighted by molar-refractivity contribution is 5.92. The summed E-state index contributed by atoms with van der Waals surface area (Å²) in [6, 6.07) is -3.38. The van der Waals surface area contributed by atoms with Crippen LogP contribution >= 0.6 is 0 Å². The van der Waals surface area contributed by atoms with E-state index in [0.717, 1.165) is 9.80 Å². The van der Waals surface area contributed by atoms with Gasteiger partial charge in [0.05, 0.1) is 65.3 Å². The third-order valence-electron chi connectivity index (χ3n) is 21.6. The van der Waals surface area contributed by atoms with Gasteiger partial charge in [0.1, 0.15) is 109 Å². The molecule has 5 aliphatic rings. The number of likely N-dealkylation sites (tertiary alicyclic amines) is 5. The number of carbonyl (C=O) groups excluding carboxylic acids is 5. The number of aryl methyl sites for hydroxylation is 5. The summed E-state index contributed by atoms with van der Waals surface area (Å²) in [5, 5.41) is 1.91. The first-order valence-electron chi connectivity index (χ1n) is 52.5. The molecule has 0 unspecified atom stereocenters. The summed E-state index contributed by atoms with van der Waals surface area (Å²) in [6.45, 7) is 30.5. The van der Waals surface area contributed by atoms with E-state index in [9.17, 15) is 24.0 Å². The number of fused-ring (bicyclic) bond motifs is 5. The maximum Gasteiger partial charge on any atom is 0.302 e. The summed E-state index contributed by atoms with van der Waals surface area (Å²) in [6.07, 6.45) is -0.197. The van der Waals surface area contributed by atoms with Crippen LogP contribution in [0.15, 0.2) is 61.7 Å². The molecule has 35 heteroatoms. The van der Waals surface area contributed by atoms with Gasteiger partial charge in [0.15, 0.2) is 0 Å². The Morgan fingerprint density at radius 3 is 0.933 bits per heavy atom. The van der Waals surface area contributed by atoms with E-state index < -0.39 is 118 Å². The molecule has 5 saturated heterocycles. The van der Waals surface area contributed by atoms with Crippen molar-refractivity contribution in [3.63, 3.8) is 0 Å². The van der Waals surface area contributed by atoms with E-state index in [-0.39, 0.29) is 192 Å². The molecule has 10 aromatic heterocycles. The normalized spacial score (nSPS) is 27.0. The van der Waals surface area contributed by atoms with Crippen molar-refractivity contribution in [2.75, 3.05) is 158 Å². The van der Waals surface area contributed by atoms with Crippen LogP contribution < -0.4 is 24.5 Å². The maximum atomic E-state index is 12.6. The van der Waals surface area contributed by atoms with E-state index in [0.29, 0.717) is 98.0 Å². The van der Waals surface area contributed by atoms with Gasteiger partial charge in [-0.05, 0) is 126 Å². The molecule has 0 aliphatic carbocycles. The van der Waals surface area contributed by atoms with Gasteiger partial charge in [-0.2, -0.15) is 0 Å². The number of rotatable bonds is 15. The zero-order valence-corrected chi connectivity index (χ0v) is 68.4. The summed E-state index contributed by atoms with van der Waals surface area (Å²) in [5.74, 6) is -7.59. The lowest BCUT2D eigenvalue weighted by molar-refractivity contribution is -0.131. The Bertz CT molecular complexity index is 7080. The van der Waals surface area contributed by atoms with E-state index in [1.165, 1.54) is 36.4 Å². The van der Waals surface area contributed by atoms with Gasteiger partial charge < -0.3 is 98.1 Å². The molecule has 10 atom stereocenters. The van der Waals surface area contributed by atoms with Crippen molar-refractivity contribution in [3.8, 4) is 0 Å². The number of hydrogen-bond donors (Lipinski definition) is 5. The summed E-state index contributed by atoms with van der Waals surface area (Å²) in [7, 11) is 8.12. The molecule has 0 saturated carbocycles. The number of aromatic nitrogens is 15. The molecule has 5 N–H and O–H groups in total. The fourth-order valence-corrected chi connectivity index (χ4v) is 15.1. The molecule has 0 aromatic carbocycles. The van der Waals surface area contributed by atoms with Gasteiger partial charge in [-0.3, -0.25) is 24.0 Å². The number of hydrogen-bond acceptors (Lipinski definition) is 20. The van der Waals surface area contributed by atoms with Gasteiger partial charge >= 0.3 is 29.5 Å². The monoisotopic (exact) mass is 1660 g/mol. The standard InChI is InChI=1S/5C17H22N6O/c5*1-11-5-6-23(15(24)8-18-3)9-14(11)22(4)17-13-7-12(2)21-16(13)19-10-20-17/h5*7,10-11,14H,5-6,8-9H2,1-2,4H3,(H,19,20,21)/t5*11-,14+/m11111/s1/i1D3,7D,8D2,10D,11D;7D,8D2,10D,14D;7D,8D2,10D,11D;1D3,7D,8D2,10D;7D,8D2,10D. The predicted octanol–water partition coefficient (Wildman–Crippen LogP) is 9.29. The Kier molecular flexibility index (Phi) is 18.5. The molecule has 10 aromatic rings. The number of nitrogens with zero attached hydrogens (tertiary/aromatic N) is 25. The number of H-pyrrole nitrogens is 5. The summed E-state index contributed by atoms with van der Waals surface area (Å²) >= 11 is 0. The van der Waals surface area contributed by atoms with Gasteiger partial charge in [0, 0.05) is 140 Å².